The number of nitrogens with zero attached hydrogens (tertiary/aromatic N) is 1. The molecule has 0 aliphatic heterocycles. The zero-order valence-electron chi connectivity index (χ0n) is 7.23. The molecular weight excluding hydrogens is 184 g/mol. The topological polar surface area (TPSA) is 129 Å². The Kier molecular flexibility index (Phi) is 2.57. The van der Waals surface area contributed by atoms with Gasteiger partial charge in [-0.1, -0.05) is 17.3 Å². The predicted octanol–water partition coefficient (Wildman–Crippen LogP) is -0.229. The van der Waals surface area contributed by atoms with Crippen LogP contribution in [0.5, 0.6) is 5.75 Å². The number of hydrogen-bond acceptors (Lipinski definition) is 4. The van der Waals surface area contributed by atoms with Crippen LogP contribution in [0.4, 0.5) is 0 Å². The van der Waals surface area contributed by atoms with E-state index in [0.717, 1.165) is 0 Å². The summed E-state index contributed by atoms with van der Waals surface area (Å²) in [6.07, 6.45) is 0. The van der Waals surface area contributed by atoms with Crippen molar-refractivity contribution in [1.29, 1.82) is 5.41 Å². The van der Waals surface area contributed by atoms with Gasteiger partial charge in [0.05, 0.1) is 5.56 Å². The third-order valence-corrected chi connectivity index (χ3v) is 1.70. The Morgan fingerprint density at radius 2 is 2.00 bits per heavy atom. The van der Waals surface area contributed by atoms with Crippen LogP contribution in [0.25, 0.3) is 0 Å². The Morgan fingerprint density at radius 3 is 2.50 bits per heavy atom. The van der Waals surface area contributed by atoms with Gasteiger partial charge in [-0.2, -0.15) is 0 Å². The van der Waals surface area contributed by atoms with Gasteiger partial charge < -0.3 is 21.8 Å². The highest BCUT2D eigenvalue weighted by molar-refractivity contribution is 6.10. The van der Waals surface area contributed by atoms with Crippen molar-refractivity contribution in [2.75, 3.05) is 0 Å². The maximum Gasteiger partial charge on any atom is 0.174 e. The van der Waals surface area contributed by atoms with Gasteiger partial charge in [0.15, 0.2) is 5.84 Å². The maximum absolute atomic E-state index is 9.42. The van der Waals surface area contributed by atoms with E-state index in [0.29, 0.717) is 0 Å². The highest BCUT2D eigenvalue weighted by atomic mass is 16.4. The summed E-state index contributed by atoms with van der Waals surface area (Å²) in [6, 6.07) is 4.37. The first kappa shape index (κ1) is 9.85. The summed E-state index contributed by atoms with van der Waals surface area (Å²) >= 11 is 0. The number of rotatable bonds is 2. The molecule has 1 rings (SSSR count). The lowest BCUT2D eigenvalue weighted by molar-refractivity contribution is 0.318. The fourth-order valence-corrected chi connectivity index (χ4v) is 1.08. The van der Waals surface area contributed by atoms with Crippen molar-refractivity contribution in [3.63, 3.8) is 0 Å². The largest absolute Gasteiger partial charge is 0.507 e. The van der Waals surface area contributed by atoms with Crippen molar-refractivity contribution in [2.24, 2.45) is 16.6 Å². The molecule has 0 radical (unpaired) electrons. The van der Waals surface area contributed by atoms with Crippen LogP contribution in [0.2, 0.25) is 0 Å². The Morgan fingerprint density at radius 1 is 1.36 bits per heavy atom. The summed E-state index contributed by atoms with van der Waals surface area (Å²) < 4.78 is 0. The van der Waals surface area contributed by atoms with Gasteiger partial charge in [-0.15, -0.1) is 0 Å². The molecule has 0 aromatic heterocycles. The number of nitrogen functional groups attached to an aromatic ring is 1. The molecule has 0 fully saturated rings. The lowest BCUT2D eigenvalue weighted by Gasteiger charge is -2.07. The SMILES string of the molecule is N=C(N)c1cccc(O)c1C(N)=NO. The van der Waals surface area contributed by atoms with Gasteiger partial charge in [0.1, 0.15) is 11.6 Å². The summed E-state index contributed by atoms with van der Waals surface area (Å²) in [4.78, 5) is 0. The van der Waals surface area contributed by atoms with E-state index in [2.05, 4.69) is 5.16 Å². The molecule has 0 heterocycles. The summed E-state index contributed by atoms with van der Waals surface area (Å²) in [5.74, 6) is -0.733. The number of nitrogens with two attached hydrogens (primary N) is 2. The summed E-state index contributed by atoms with van der Waals surface area (Å²) in [6.45, 7) is 0. The van der Waals surface area contributed by atoms with Gasteiger partial charge in [-0.3, -0.25) is 5.41 Å². The van der Waals surface area contributed by atoms with Crippen LogP contribution in [-0.2, 0) is 0 Å². The molecule has 0 atom stereocenters. The predicted molar refractivity (Wildman–Crippen MR) is 51.6 cm³/mol. The molecule has 14 heavy (non-hydrogen) atoms. The van der Waals surface area contributed by atoms with E-state index in [4.69, 9.17) is 22.1 Å². The highest BCUT2D eigenvalue weighted by Crippen LogP contribution is 2.20. The zero-order valence-corrected chi connectivity index (χ0v) is 7.23. The standard InChI is InChI=1S/C8H10N4O2/c9-7(10)4-2-1-3-5(13)6(4)8(11)12-14/h1-3,13-14H,(H3,9,10)(H2,11,12). The zero-order chi connectivity index (χ0) is 10.7. The third-order valence-electron chi connectivity index (χ3n) is 1.70. The lowest BCUT2D eigenvalue weighted by atomic mass is 10.0. The number of hydrogen-bond donors (Lipinski definition) is 5. The molecule has 0 spiro atoms. The van der Waals surface area contributed by atoms with E-state index in [9.17, 15) is 5.11 Å². The van der Waals surface area contributed by atoms with E-state index in [1.807, 2.05) is 0 Å². The number of amidine groups is 2. The van der Waals surface area contributed by atoms with Gasteiger partial charge in [0.25, 0.3) is 0 Å². The smallest absolute Gasteiger partial charge is 0.174 e. The maximum atomic E-state index is 9.42. The first-order chi connectivity index (χ1) is 6.57. The number of nitrogens with one attached hydrogen (secondary N) is 1. The minimum absolute atomic E-state index is 0.0579. The van der Waals surface area contributed by atoms with Gasteiger partial charge in [0.2, 0.25) is 0 Å². The second-order valence-corrected chi connectivity index (χ2v) is 2.60. The van der Waals surface area contributed by atoms with Crippen molar-refractivity contribution in [1.82, 2.24) is 0 Å². The van der Waals surface area contributed by atoms with Gasteiger partial charge >= 0.3 is 0 Å². The minimum Gasteiger partial charge on any atom is -0.507 e. The second-order valence-electron chi connectivity index (χ2n) is 2.60. The van der Waals surface area contributed by atoms with Crippen molar-refractivity contribution < 1.29 is 10.3 Å². The van der Waals surface area contributed by atoms with Crippen LogP contribution in [0.3, 0.4) is 0 Å². The average molecular weight is 194 g/mol. The molecule has 0 bridgehead atoms. The Bertz CT molecular complexity index is 400. The third kappa shape index (κ3) is 1.58. The molecule has 1 aromatic rings. The molecular formula is C8H10N4O2. The van der Waals surface area contributed by atoms with Gasteiger partial charge in [0, 0.05) is 5.56 Å². The Labute approximate surface area is 80.0 Å². The summed E-state index contributed by atoms with van der Waals surface area (Å²) in [7, 11) is 0. The van der Waals surface area contributed by atoms with Crippen LogP contribution in [0.1, 0.15) is 11.1 Å². The summed E-state index contributed by atoms with van der Waals surface area (Å²) in [5, 5.41) is 27.8. The minimum atomic E-state index is -0.284. The molecule has 1 aromatic carbocycles. The fraction of sp³-hybridized carbons (Fsp3) is 0. The first-order valence-electron chi connectivity index (χ1n) is 3.72. The molecule has 0 aliphatic carbocycles. The molecule has 7 N–H and O–H groups in total. The van der Waals surface area contributed by atoms with E-state index in [-0.39, 0.29) is 28.5 Å². The molecule has 0 unspecified atom stereocenters. The van der Waals surface area contributed by atoms with Crippen LogP contribution in [-0.4, -0.2) is 22.0 Å². The van der Waals surface area contributed by atoms with Crippen molar-refractivity contribution in [3.05, 3.63) is 29.3 Å². The monoisotopic (exact) mass is 194 g/mol. The van der Waals surface area contributed by atoms with Crippen LogP contribution >= 0.6 is 0 Å². The molecule has 0 saturated heterocycles. The summed E-state index contributed by atoms with van der Waals surface area (Å²) in [5.41, 5.74) is 10.9. The second kappa shape index (κ2) is 3.65. The molecule has 0 saturated carbocycles. The molecule has 0 amide bonds. The molecule has 6 heteroatoms. The van der Waals surface area contributed by atoms with Crippen molar-refractivity contribution in [2.45, 2.75) is 0 Å². The normalized spacial score (nSPS) is 11.3. The molecule has 6 nitrogen and oxygen atoms in total. The Hall–Kier alpha value is -2.24. The van der Waals surface area contributed by atoms with Gasteiger partial charge in [-0.05, 0) is 6.07 Å². The van der Waals surface area contributed by atoms with Crippen LogP contribution < -0.4 is 11.5 Å². The average Bonchev–Trinajstić information content (AvgIpc) is 2.16. The highest BCUT2D eigenvalue weighted by Gasteiger charge is 2.13. The van der Waals surface area contributed by atoms with E-state index in [1.165, 1.54) is 18.2 Å². The van der Waals surface area contributed by atoms with E-state index in [1.54, 1.807) is 0 Å². The van der Waals surface area contributed by atoms with Crippen molar-refractivity contribution in [3.8, 4) is 5.75 Å². The number of benzene rings is 1. The van der Waals surface area contributed by atoms with E-state index >= 15 is 0 Å². The van der Waals surface area contributed by atoms with Crippen LogP contribution in [0.15, 0.2) is 23.4 Å². The van der Waals surface area contributed by atoms with Gasteiger partial charge in [-0.25, -0.2) is 0 Å². The van der Waals surface area contributed by atoms with E-state index < -0.39 is 0 Å². The fourth-order valence-electron chi connectivity index (χ4n) is 1.08. The number of phenolic OH excluding ortho intramolecular Hbond substituents is 1. The molecule has 74 valence electrons. The lowest BCUT2D eigenvalue weighted by Crippen LogP contribution is -2.21. The molecule has 0 aliphatic rings. The quantitative estimate of drug-likeness (QED) is 0.193. The van der Waals surface area contributed by atoms with Crippen LogP contribution in [0, 0.1) is 5.41 Å². The number of phenols is 1. The number of oxime groups is 1. The Balaban J connectivity index is 3.45. The van der Waals surface area contributed by atoms with Crippen molar-refractivity contribution >= 4 is 11.7 Å². The number of aromatic hydroxyl groups is 1. The first-order valence-corrected chi connectivity index (χ1v) is 3.72.